The Morgan fingerprint density at radius 3 is 2.46 bits per heavy atom. The summed E-state index contributed by atoms with van der Waals surface area (Å²) in [5.74, 6) is -0.558. The molecule has 1 aliphatic heterocycles. The maximum atomic E-state index is 14.1. The molecule has 0 aliphatic carbocycles. The number of hydrogen-bond acceptors (Lipinski definition) is 3. The van der Waals surface area contributed by atoms with Gasteiger partial charge in [0.1, 0.15) is 11.9 Å². The van der Waals surface area contributed by atoms with Gasteiger partial charge in [-0.25, -0.2) is 9.18 Å². The molecule has 1 fully saturated rings. The molecule has 2 rings (SSSR count). The van der Waals surface area contributed by atoms with Gasteiger partial charge in [0.15, 0.2) is 0 Å². The van der Waals surface area contributed by atoms with Gasteiger partial charge in [-0.05, 0) is 30.7 Å². The second kappa shape index (κ2) is 8.24. The molecule has 1 heterocycles. The van der Waals surface area contributed by atoms with E-state index in [1.807, 2.05) is 0 Å². The average molecular weight is 377 g/mol. The monoisotopic (exact) mass is 377 g/mol. The van der Waals surface area contributed by atoms with Crippen molar-refractivity contribution >= 4 is 17.6 Å². The van der Waals surface area contributed by atoms with E-state index in [4.69, 9.17) is 0 Å². The molecule has 10 heteroatoms. The maximum Gasteiger partial charge on any atom is 0.573 e. The lowest BCUT2D eigenvalue weighted by Gasteiger charge is -2.34. The van der Waals surface area contributed by atoms with Crippen LogP contribution < -0.4 is 15.4 Å². The fourth-order valence-electron chi connectivity index (χ4n) is 2.59. The van der Waals surface area contributed by atoms with Crippen LogP contribution in [0.3, 0.4) is 0 Å². The van der Waals surface area contributed by atoms with Crippen LogP contribution in [0.5, 0.6) is 5.75 Å². The molecule has 0 radical (unpaired) electrons. The number of nitrogens with zero attached hydrogens (tertiary/aromatic N) is 1. The van der Waals surface area contributed by atoms with E-state index in [1.54, 1.807) is 6.92 Å². The largest absolute Gasteiger partial charge is 0.573 e. The summed E-state index contributed by atoms with van der Waals surface area (Å²) in [6.07, 6.45) is -5.62. The predicted molar refractivity (Wildman–Crippen MR) is 85.5 cm³/mol. The second-order valence-electron chi connectivity index (χ2n) is 5.78. The summed E-state index contributed by atoms with van der Waals surface area (Å²) in [6.45, 7) is 1.96. The van der Waals surface area contributed by atoms with Crippen LogP contribution in [-0.2, 0) is 4.79 Å². The first kappa shape index (κ1) is 19.8. The molecule has 2 atom stereocenters. The molecule has 1 saturated heterocycles. The molecule has 0 saturated carbocycles. The summed E-state index contributed by atoms with van der Waals surface area (Å²) >= 11 is 0. The second-order valence-corrected chi connectivity index (χ2v) is 5.78. The van der Waals surface area contributed by atoms with Crippen LogP contribution in [0, 0.1) is 0 Å². The Morgan fingerprint density at radius 1 is 1.27 bits per heavy atom. The van der Waals surface area contributed by atoms with Crippen molar-refractivity contribution in [3.8, 4) is 5.75 Å². The molecule has 0 unspecified atom stereocenters. The zero-order chi connectivity index (χ0) is 19.3. The van der Waals surface area contributed by atoms with E-state index in [2.05, 4.69) is 15.4 Å². The van der Waals surface area contributed by atoms with E-state index in [-0.39, 0.29) is 24.6 Å². The van der Waals surface area contributed by atoms with Crippen LogP contribution in [0.25, 0.3) is 0 Å². The van der Waals surface area contributed by atoms with Crippen LogP contribution >= 0.6 is 0 Å². The molecule has 144 valence electrons. The number of carbonyl (C=O) groups is 2. The van der Waals surface area contributed by atoms with Crippen molar-refractivity contribution in [1.29, 1.82) is 0 Å². The molecule has 6 nitrogen and oxygen atoms in total. The van der Waals surface area contributed by atoms with Gasteiger partial charge in [0.05, 0.1) is 12.6 Å². The van der Waals surface area contributed by atoms with Gasteiger partial charge in [-0.1, -0.05) is 6.92 Å². The maximum absolute atomic E-state index is 14.1. The number of anilines is 1. The molecule has 2 N–H and O–H groups in total. The van der Waals surface area contributed by atoms with Crippen LogP contribution in [-0.4, -0.2) is 48.5 Å². The highest BCUT2D eigenvalue weighted by Crippen LogP contribution is 2.24. The highest BCUT2D eigenvalue weighted by molar-refractivity contribution is 5.89. The lowest BCUT2D eigenvalue weighted by Crippen LogP contribution is -2.54. The first-order valence-electron chi connectivity index (χ1n) is 8.03. The van der Waals surface area contributed by atoms with Crippen LogP contribution in [0.1, 0.15) is 19.8 Å². The number of amides is 3. The highest BCUT2D eigenvalue weighted by Gasteiger charge is 2.32. The first-order valence-corrected chi connectivity index (χ1v) is 8.03. The molecule has 0 aromatic heterocycles. The molecule has 0 spiro atoms. The molecule has 1 aromatic carbocycles. The Balaban J connectivity index is 1.84. The number of piperidine rings is 1. The third-order valence-corrected chi connectivity index (χ3v) is 3.86. The number of halogens is 4. The number of benzene rings is 1. The Hall–Kier alpha value is -2.52. The van der Waals surface area contributed by atoms with E-state index in [1.165, 1.54) is 17.0 Å². The summed E-state index contributed by atoms with van der Waals surface area (Å²) in [4.78, 5) is 24.9. The van der Waals surface area contributed by atoms with Gasteiger partial charge in [-0.3, -0.25) is 4.79 Å². The van der Waals surface area contributed by atoms with Crippen molar-refractivity contribution in [2.45, 2.75) is 38.3 Å². The first-order chi connectivity index (χ1) is 12.2. The van der Waals surface area contributed by atoms with Crippen LogP contribution in [0.15, 0.2) is 24.3 Å². The number of ether oxygens (including phenoxy) is 1. The Bertz CT molecular complexity index is 637. The van der Waals surface area contributed by atoms with Crippen LogP contribution in [0.2, 0.25) is 0 Å². The van der Waals surface area contributed by atoms with Gasteiger partial charge in [0, 0.05) is 18.7 Å². The lowest BCUT2D eigenvalue weighted by molar-refractivity contribution is -0.274. The number of nitrogens with one attached hydrogen (secondary N) is 2. The summed E-state index contributed by atoms with van der Waals surface area (Å²) in [7, 11) is 0. The molecule has 0 bridgehead atoms. The quantitative estimate of drug-likeness (QED) is 0.793. The molecular formula is C16H19F4N3O3. The Kier molecular flexibility index (Phi) is 6.27. The number of urea groups is 1. The molecule has 1 aromatic rings. The van der Waals surface area contributed by atoms with E-state index in [0.717, 1.165) is 12.1 Å². The average Bonchev–Trinajstić information content (AvgIpc) is 2.56. The smallest absolute Gasteiger partial charge is 0.406 e. The van der Waals surface area contributed by atoms with E-state index in [9.17, 15) is 27.2 Å². The fourth-order valence-corrected chi connectivity index (χ4v) is 2.59. The van der Waals surface area contributed by atoms with Crippen molar-refractivity contribution < 1.29 is 31.9 Å². The van der Waals surface area contributed by atoms with E-state index >= 15 is 0 Å². The summed E-state index contributed by atoms with van der Waals surface area (Å²) in [5, 5.41) is 4.88. The summed E-state index contributed by atoms with van der Waals surface area (Å²) in [5.41, 5.74) is 0.228. The van der Waals surface area contributed by atoms with Gasteiger partial charge in [0.25, 0.3) is 0 Å². The molecular weight excluding hydrogens is 358 g/mol. The van der Waals surface area contributed by atoms with Crippen molar-refractivity contribution in [2.24, 2.45) is 0 Å². The van der Waals surface area contributed by atoms with E-state index < -0.39 is 30.4 Å². The van der Waals surface area contributed by atoms with Gasteiger partial charge < -0.3 is 20.3 Å². The Morgan fingerprint density at radius 2 is 1.92 bits per heavy atom. The van der Waals surface area contributed by atoms with Gasteiger partial charge in [-0.15, -0.1) is 13.2 Å². The minimum absolute atomic E-state index is 0.0822. The van der Waals surface area contributed by atoms with Crippen molar-refractivity contribution in [3.63, 3.8) is 0 Å². The van der Waals surface area contributed by atoms with Gasteiger partial charge in [-0.2, -0.15) is 0 Å². The van der Waals surface area contributed by atoms with Crippen molar-refractivity contribution in [3.05, 3.63) is 24.3 Å². The number of alkyl halides is 4. The molecule has 3 amide bonds. The fraction of sp³-hybridized carbons (Fsp3) is 0.500. The van der Waals surface area contributed by atoms with Crippen molar-refractivity contribution in [1.82, 2.24) is 10.2 Å². The SMILES string of the molecule is CCC(=O)N1CC[C@@H](NC(=O)Nc2ccc(OC(F)(F)F)cc2)[C@@H](F)C1. The third-order valence-electron chi connectivity index (χ3n) is 3.86. The Labute approximate surface area is 147 Å². The topological polar surface area (TPSA) is 70.7 Å². The zero-order valence-corrected chi connectivity index (χ0v) is 14.0. The molecule has 1 aliphatic rings. The normalized spacial score (nSPS) is 20.4. The minimum atomic E-state index is -4.80. The zero-order valence-electron chi connectivity index (χ0n) is 14.0. The number of rotatable bonds is 4. The van der Waals surface area contributed by atoms with Crippen LogP contribution in [0.4, 0.5) is 28.0 Å². The summed E-state index contributed by atoms with van der Waals surface area (Å²) in [6, 6.07) is 3.14. The van der Waals surface area contributed by atoms with E-state index in [0.29, 0.717) is 13.0 Å². The summed E-state index contributed by atoms with van der Waals surface area (Å²) < 4.78 is 54.1. The number of carbonyl (C=O) groups excluding carboxylic acids is 2. The van der Waals surface area contributed by atoms with Gasteiger partial charge >= 0.3 is 12.4 Å². The number of likely N-dealkylation sites (tertiary alicyclic amines) is 1. The lowest BCUT2D eigenvalue weighted by atomic mass is 10.0. The predicted octanol–water partition coefficient (Wildman–Crippen LogP) is 3.06. The third kappa shape index (κ3) is 5.78. The number of hydrogen-bond donors (Lipinski definition) is 2. The minimum Gasteiger partial charge on any atom is -0.406 e. The highest BCUT2D eigenvalue weighted by atomic mass is 19.4. The standard InChI is InChI=1S/C16H19F4N3O3/c1-2-14(24)23-8-7-13(12(17)9-23)22-15(25)21-10-3-5-11(6-4-10)26-16(18,19)20/h3-6,12-13H,2,7-9H2,1H3,(H2,21,22,25)/t12-,13+/m0/s1. The van der Waals surface area contributed by atoms with Crippen molar-refractivity contribution in [2.75, 3.05) is 18.4 Å². The molecule has 26 heavy (non-hydrogen) atoms. The van der Waals surface area contributed by atoms with Gasteiger partial charge in [0.2, 0.25) is 5.91 Å².